The maximum absolute atomic E-state index is 12.5. The summed E-state index contributed by atoms with van der Waals surface area (Å²) in [7, 11) is 1.38. The van der Waals surface area contributed by atoms with E-state index in [1.54, 1.807) is 36.4 Å². The summed E-state index contributed by atoms with van der Waals surface area (Å²) in [5, 5.41) is 41.1. The van der Waals surface area contributed by atoms with E-state index in [0.717, 1.165) is 0 Å². The van der Waals surface area contributed by atoms with E-state index >= 15 is 0 Å². The van der Waals surface area contributed by atoms with E-state index in [0.29, 0.717) is 42.9 Å². The normalized spacial score (nSPS) is 19.7. The summed E-state index contributed by atoms with van der Waals surface area (Å²) in [6, 6.07) is 11.1. The number of ether oxygens (including phenoxy) is 4. The van der Waals surface area contributed by atoms with Gasteiger partial charge in [0.1, 0.15) is 18.5 Å². The second-order valence-corrected chi connectivity index (χ2v) is 11.6. The lowest BCUT2D eigenvalue weighted by Gasteiger charge is -2.19. The van der Waals surface area contributed by atoms with Crippen molar-refractivity contribution in [3.8, 4) is 17.2 Å². The number of aliphatic hydroxyl groups is 3. The van der Waals surface area contributed by atoms with Gasteiger partial charge in [-0.25, -0.2) is 4.79 Å². The van der Waals surface area contributed by atoms with Crippen molar-refractivity contribution in [3.05, 3.63) is 87.5 Å². The number of aliphatic hydroxyl groups excluding tert-OH is 3. The molecule has 2 aromatic carbocycles. The van der Waals surface area contributed by atoms with Gasteiger partial charge in [-0.2, -0.15) is 0 Å². The lowest BCUT2D eigenvalue weighted by molar-refractivity contribution is -0.757. The molecule has 1 aliphatic rings. The fourth-order valence-corrected chi connectivity index (χ4v) is 5.32. The molecule has 0 unspecified atom stereocenters. The topological polar surface area (TPSA) is 184 Å². The van der Waals surface area contributed by atoms with Gasteiger partial charge in [0.15, 0.2) is 11.5 Å². The Bertz CT molecular complexity index is 1400. The molecular formula is C34H42ClNO12. The van der Waals surface area contributed by atoms with Crippen LogP contribution in [0.25, 0.3) is 0 Å². The minimum Gasteiger partial charge on any atom is -0.493 e. The molecule has 0 amide bonds. The summed E-state index contributed by atoms with van der Waals surface area (Å²) in [6.07, 6.45) is 7.48. The van der Waals surface area contributed by atoms with Gasteiger partial charge in [-0.05, 0) is 74.4 Å². The van der Waals surface area contributed by atoms with Crippen LogP contribution in [-0.2, 0) is 14.4 Å². The van der Waals surface area contributed by atoms with Crippen molar-refractivity contribution >= 4 is 23.5 Å². The number of unbranched alkanes of at least 4 members (excludes halogenated alkanes) is 2. The average molecular weight is 692 g/mol. The maximum Gasteiger partial charge on any atom is 0.338 e. The Morgan fingerprint density at radius 3 is 2.60 bits per heavy atom. The van der Waals surface area contributed by atoms with Crippen LogP contribution < -0.4 is 14.2 Å². The van der Waals surface area contributed by atoms with Crippen LogP contribution in [0.5, 0.6) is 17.2 Å². The third-order valence-corrected chi connectivity index (χ3v) is 7.84. The van der Waals surface area contributed by atoms with Gasteiger partial charge in [-0.1, -0.05) is 42.0 Å². The number of hydrogen-bond donors (Lipinski definition) is 3. The third kappa shape index (κ3) is 13.1. The fraction of sp³-hybridized carbons (Fsp3) is 0.471. The van der Waals surface area contributed by atoms with Crippen molar-refractivity contribution in [2.75, 3.05) is 26.9 Å². The zero-order valence-electron chi connectivity index (χ0n) is 26.6. The van der Waals surface area contributed by atoms with Crippen molar-refractivity contribution in [1.82, 2.24) is 0 Å². The van der Waals surface area contributed by atoms with Crippen LogP contribution in [-0.4, -0.2) is 77.6 Å². The highest BCUT2D eigenvalue weighted by molar-refractivity contribution is 6.30. The molecule has 48 heavy (non-hydrogen) atoms. The zero-order chi connectivity index (χ0) is 34.9. The Labute approximate surface area is 283 Å². The first-order valence-corrected chi connectivity index (χ1v) is 16.0. The van der Waals surface area contributed by atoms with E-state index in [9.17, 15) is 35.0 Å². The molecule has 13 nitrogen and oxygen atoms in total. The number of halogens is 1. The number of esters is 2. The van der Waals surface area contributed by atoms with Crippen LogP contribution in [0.4, 0.5) is 0 Å². The van der Waals surface area contributed by atoms with Crippen molar-refractivity contribution < 1.29 is 53.8 Å². The SMILES string of the molecule is COc1cc(C(=O)OCCCCO[N+](=O)[O-])ccc1OC(=O)CCC/C=C\C[C@@H]1[C@@H](/C=C/[C@@H](O)COc2cccc(Cl)c2)[C@H](O)C[C@@H]1O. The van der Waals surface area contributed by atoms with Gasteiger partial charge in [-0.15, -0.1) is 10.1 Å². The van der Waals surface area contributed by atoms with Crippen molar-refractivity contribution in [3.63, 3.8) is 0 Å². The molecule has 0 aromatic heterocycles. The lowest BCUT2D eigenvalue weighted by Crippen LogP contribution is -2.21. The van der Waals surface area contributed by atoms with Crippen LogP contribution in [0.2, 0.25) is 5.02 Å². The number of methoxy groups -OCH3 is 1. The second kappa shape index (κ2) is 20.3. The van der Waals surface area contributed by atoms with E-state index in [-0.39, 0.29) is 61.6 Å². The molecule has 3 N–H and O–H groups in total. The molecule has 0 heterocycles. The van der Waals surface area contributed by atoms with Crippen LogP contribution in [0.1, 0.15) is 55.3 Å². The van der Waals surface area contributed by atoms with Gasteiger partial charge in [0.2, 0.25) is 0 Å². The van der Waals surface area contributed by atoms with Crippen LogP contribution in [0, 0.1) is 22.0 Å². The minimum atomic E-state index is -0.910. The van der Waals surface area contributed by atoms with Gasteiger partial charge in [0, 0.05) is 23.8 Å². The monoisotopic (exact) mass is 691 g/mol. The summed E-state index contributed by atoms with van der Waals surface area (Å²) in [4.78, 5) is 39.1. The highest BCUT2D eigenvalue weighted by Gasteiger charge is 2.39. The molecule has 0 radical (unpaired) electrons. The molecule has 0 spiro atoms. The maximum atomic E-state index is 12.5. The number of nitrogens with zero attached hydrogens (tertiary/aromatic N) is 1. The Morgan fingerprint density at radius 2 is 1.85 bits per heavy atom. The molecule has 5 atom stereocenters. The van der Waals surface area contributed by atoms with Crippen LogP contribution in [0.15, 0.2) is 66.8 Å². The molecule has 2 aromatic rings. The number of allylic oxidation sites excluding steroid dienone is 2. The summed E-state index contributed by atoms with van der Waals surface area (Å²) >= 11 is 5.95. The smallest absolute Gasteiger partial charge is 0.338 e. The first kappa shape index (κ1) is 38.3. The lowest BCUT2D eigenvalue weighted by atomic mass is 9.89. The molecule has 262 valence electrons. The first-order valence-electron chi connectivity index (χ1n) is 15.7. The fourth-order valence-electron chi connectivity index (χ4n) is 5.14. The average Bonchev–Trinajstić information content (AvgIpc) is 3.33. The number of carbonyl (C=O) groups is 2. The molecule has 0 aliphatic heterocycles. The quantitative estimate of drug-likeness (QED) is 0.0428. The van der Waals surface area contributed by atoms with E-state index in [1.807, 2.05) is 12.2 Å². The Balaban J connectivity index is 1.38. The van der Waals surface area contributed by atoms with Gasteiger partial charge < -0.3 is 39.1 Å². The standard InChI is InChI=1S/C34H42ClNO12/c1-44-32-19-23(34(41)45-17-6-7-18-47-36(42)43)13-16-31(32)48-33(40)12-5-3-2-4-11-27-28(30(39)21-29(27)38)15-14-25(37)22-46-26-10-8-9-24(35)20-26/h2,4,8-10,13-16,19-20,25,27-30,37-39H,3,5-7,11-12,17-18,21-22H2,1H3/b4-2-,15-14+/t25-,27-,28-,29+,30-/m1/s1. The number of rotatable bonds is 20. The minimum absolute atomic E-state index is 0.0107. The number of hydrogen-bond acceptors (Lipinski definition) is 12. The highest BCUT2D eigenvalue weighted by atomic mass is 35.5. The van der Waals surface area contributed by atoms with Crippen molar-refractivity contribution in [2.45, 2.75) is 63.3 Å². The summed E-state index contributed by atoms with van der Waals surface area (Å²) < 4.78 is 21.4. The van der Waals surface area contributed by atoms with E-state index in [4.69, 9.17) is 30.5 Å². The van der Waals surface area contributed by atoms with Gasteiger partial charge in [0.05, 0.1) is 38.1 Å². The molecule has 0 bridgehead atoms. The molecule has 1 saturated carbocycles. The van der Waals surface area contributed by atoms with Gasteiger partial charge >= 0.3 is 11.9 Å². The molecule has 1 fully saturated rings. The predicted octanol–water partition coefficient (Wildman–Crippen LogP) is 4.87. The first-order chi connectivity index (χ1) is 23.1. The number of benzene rings is 2. The molecule has 3 rings (SSSR count). The van der Waals surface area contributed by atoms with Gasteiger partial charge in [0.25, 0.3) is 5.09 Å². The van der Waals surface area contributed by atoms with E-state index in [1.165, 1.54) is 25.3 Å². The van der Waals surface area contributed by atoms with E-state index < -0.39 is 35.3 Å². The molecule has 14 heteroatoms. The largest absolute Gasteiger partial charge is 0.493 e. The van der Waals surface area contributed by atoms with Crippen LogP contribution >= 0.6 is 11.6 Å². The number of carbonyl (C=O) groups excluding carboxylic acids is 2. The second-order valence-electron chi connectivity index (χ2n) is 11.2. The Kier molecular flexibility index (Phi) is 16.2. The Morgan fingerprint density at radius 1 is 1.06 bits per heavy atom. The van der Waals surface area contributed by atoms with E-state index in [2.05, 4.69) is 4.84 Å². The zero-order valence-corrected chi connectivity index (χ0v) is 27.4. The highest BCUT2D eigenvalue weighted by Crippen LogP contribution is 2.36. The van der Waals surface area contributed by atoms with Crippen LogP contribution in [0.3, 0.4) is 0 Å². The third-order valence-electron chi connectivity index (χ3n) is 7.61. The summed E-state index contributed by atoms with van der Waals surface area (Å²) in [6.45, 7) is -0.0171. The molecular weight excluding hydrogens is 650 g/mol. The molecule has 1 aliphatic carbocycles. The summed E-state index contributed by atoms with van der Waals surface area (Å²) in [5.74, 6) is -0.807. The summed E-state index contributed by atoms with van der Waals surface area (Å²) in [5.41, 5.74) is 0.190. The molecule has 0 saturated heterocycles. The Hall–Kier alpha value is -4.17. The van der Waals surface area contributed by atoms with Crippen molar-refractivity contribution in [1.29, 1.82) is 0 Å². The van der Waals surface area contributed by atoms with Gasteiger partial charge in [-0.3, -0.25) is 4.79 Å². The van der Waals surface area contributed by atoms with Crippen molar-refractivity contribution in [2.24, 2.45) is 11.8 Å². The predicted molar refractivity (Wildman–Crippen MR) is 174 cm³/mol.